The first-order valence-corrected chi connectivity index (χ1v) is 5.10. The van der Waals surface area contributed by atoms with E-state index in [1.54, 1.807) is 0 Å². The molecule has 0 atom stereocenters. The number of para-hydroxylation sites is 2. The second-order valence-corrected chi connectivity index (χ2v) is 3.68. The van der Waals surface area contributed by atoms with Crippen molar-refractivity contribution in [1.82, 2.24) is 9.97 Å². The molecule has 5 heteroatoms. The number of hydrogen-bond donors (Lipinski definition) is 2. The van der Waals surface area contributed by atoms with Gasteiger partial charge in [0.2, 0.25) is 5.82 Å². The summed E-state index contributed by atoms with van der Waals surface area (Å²) in [5.41, 5.74) is 4.07. The second kappa shape index (κ2) is 4.32. The van der Waals surface area contributed by atoms with Crippen molar-refractivity contribution >= 4 is 16.9 Å². The number of hydrazine groups is 1. The van der Waals surface area contributed by atoms with Crippen LogP contribution in [0.15, 0.2) is 24.3 Å². The molecule has 0 radical (unpaired) electrons. The smallest absolute Gasteiger partial charge is 0.259 e. The number of hydrogen-bond acceptors (Lipinski definition) is 5. The number of aromatic nitrogens is 2. The summed E-state index contributed by atoms with van der Waals surface area (Å²) in [5.74, 6) is 6.26. The largest absolute Gasteiger partial charge is 0.472 e. The number of nitrogens with two attached hydrogens (primary N) is 1. The van der Waals surface area contributed by atoms with Gasteiger partial charge in [0, 0.05) is 0 Å². The van der Waals surface area contributed by atoms with Crippen LogP contribution in [-0.4, -0.2) is 16.1 Å². The zero-order chi connectivity index (χ0) is 11.5. The second-order valence-electron chi connectivity index (χ2n) is 3.68. The molecule has 16 heavy (non-hydrogen) atoms. The average molecular weight is 218 g/mol. The molecule has 0 amide bonds. The monoisotopic (exact) mass is 218 g/mol. The van der Waals surface area contributed by atoms with E-state index in [0.717, 1.165) is 11.0 Å². The highest BCUT2D eigenvalue weighted by molar-refractivity contribution is 5.77. The van der Waals surface area contributed by atoms with Crippen molar-refractivity contribution in [2.45, 2.75) is 20.0 Å². The number of ether oxygens (including phenoxy) is 1. The molecule has 0 fully saturated rings. The third kappa shape index (κ3) is 2.04. The lowest BCUT2D eigenvalue weighted by atomic mass is 10.3. The molecule has 2 aromatic rings. The molecule has 1 aromatic heterocycles. The lowest BCUT2D eigenvalue weighted by Gasteiger charge is -2.12. The highest BCUT2D eigenvalue weighted by Crippen LogP contribution is 2.23. The number of benzene rings is 1. The van der Waals surface area contributed by atoms with Crippen LogP contribution in [-0.2, 0) is 0 Å². The van der Waals surface area contributed by atoms with Crippen LogP contribution in [0.25, 0.3) is 11.0 Å². The molecule has 5 nitrogen and oxygen atoms in total. The fourth-order valence-electron chi connectivity index (χ4n) is 1.38. The Morgan fingerprint density at radius 2 is 1.81 bits per heavy atom. The van der Waals surface area contributed by atoms with Crippen LogP contribution in [0.4, 0.5) is 5.82 Å². The normalized spacial score (nSPS) is 10.8. The van der Waals surface area contributed by atoms with Crippen LogP contribution in [0.5, 0.6) is 5.88 Å². The first kappa shape index (κ1) is 10.6. The maximum absolute atomic E-state index is 5.53. The Hall–Kier alpha value is -1.88. The first-order valence-electron chi connectivity index (χ1n) is 5.10. The molecule has 3 N–H and O–H groups in total. The molecule has 0 bridgehead atoms. The van der Waals surface area contributed by atoms with Gasteiger partial charge in [-0.05, 0) is 26.0 Å². The van der Waals surface area contributed by atoms with Crippen molar-refractivity contribution in [2.24, 2.45) is 5.84 Å². The summed E-state index contributed by atoms with van der Waals surface area (Å²) in [4.78, 5) is 8.68. The first-order chi connectivity index (χ1) is 7.70. The predicted molar refractivity (Wildman–Crippen MR) is 63.1 cm³/mol. The number of nitrogens with one attached hydrogen (secondary N) is 1. The standard InChI is InChI=1S/C11H14N4O/c1-7(2)16-11-10(15-12)13-8-5-3-4-6-9(8)14-11/h3-7H,12H2,1-2H3,(H,13,15). The fraction of sp³-hybridized carbons (Fsp3) is 0.273. The summed E-state index contributed by atoms with van der Waals surface area (Å²) in [6.07, 6.45) is 0.0302. The molecule has 1 aromatic carbocycles. The average Bonchev–Trinajstić information content (AvgIpc) is 2.27. The molecule has 2 rings (SSSR count). The molecule has 0 saturated carbocycles. The van der Waals surface area contributed by atoms with Crippen molar-refractivity contribution in [3.05, 3.63) is 24.3 Å². The van der Waals surface area contributed by atoms with Gasteiger partial charge in [0.25, 0.3) is 5.88 Å². The van der Waals surface area contributed by atoms with Gasteiger partial charge in [-0.1, -0.05) is 12.1 Å². The van der Waals surface area contributed by atoms with Gasteiger partial charge in [-0.25, -0.2) is 15.8 Å². The summed E-state index contributed by atoms with van der Waals surface area (Å²) >= 11 is 0. The van der Waals surface area contributed by atoms with Crippen molar-refractivity contribution in [1.29, 1.82) is 0 Å². The number of nitrogen functional groups attached to an aromatic ring is 1. The molecule has 0 aliphatic rings. The van der Waals surface area contributed by atoms with E-state index in [2.05, 4.69) is 15.4 Å². The van der Waals surface area contributed by atoms with Gasteiger partial charge in [0.05, 0.1) is 17.1 Å². The topological polar surface area (TPSA) is 73.1 Å². The number of nitrogens with zero attached hydrogens (tertiary/aromatic N) is 2. The van der Waals surface area contributed by atoms with Gasteiger partial charge in [0.15, 0.2) is 0 Å². The predicted octanol–water partition coefficient (Wildman–Crippen LogP) is 1.70. The molecule has 1 heterocycles. The maximum Gasteiger partial charge on any atom is 0.259 e. The number of fused-ring (bicyclic) bond motifs is 1. The molecule has 84 valence electrons. The highest BCUT2D eigenvalue weighted by atomic mass is 16.5. The SMILES string of the molecule is CC(C)Oc1nc2ccccc2nc1NN. The lowest BCUT2D eigenvalue weighted by Crippen LogP contribution is -2.14. The van der Waals surface area contributed by atoms with Crippen molar-refractivity contribution in [2.75, 3.05) is 5.43 Å². The Morgan fingerprint density at radius 1 is 1.19 bits per heavy atom. The van der Waals surface area contributed by atoms with Gasteiger partial charge >= 0.3 is 0 Å². The van der Waals surface area contributed by atoms with E-state index in [-0.39, 0.29) is 6.10 Å². The van der Waals surface area contributed by atoms with Gasteiger partial charge in [-0.15, -0.1) is 0 Å². The minimum absolute atomic E-state index is 0.0302. The Kier molecular flexibility index (Phi) is 2.87. The van der Waals surface area contributed by atoms with Crippen LogP contribution < -0.4 is 16.0 Å². The van der Waals surface area contributed by atoms with E-state index in [9.17, 15) is 0 Å². The van der Waals surface area contributed by atoms with Gasteiger partial charge < -0.3 is 10.2 Å². The van der Waals surface area contributed by atoms with E-state index in [1.165, 1.54) is 0 Å². The number of anilines is 1. The molecule has 0 saturated heterocycles. The van der Waals surface area contributed by atoms with E-state index in [1.807, 2.05) is 38.1 Å². The lowest BCUT2D eigenvalue weighted by molar-refractivity contribution is 0.234. The molecular weight excluding hydrogens is 204 g/mol. The summed E-state index contributed by atoms with van der Waals surface area (Å²) < 4.78 is 5.53. The van der Waals surface area contributed by atoms with Gasteiger partial charge in [-0.2, -0.15) is 0 Å². The molecule has 0 aliphatic heterocycles. The Bertz CT molecular complexity index is 498. The zero-order valence-electron chi connectivity index (χ0n) is 9.27. The summed E-state index contributed by atoms with van der Waals surface area (Å²) in [7, 11) is 0. The van der Waals surface area contributed by atoms with Crippen LogP contribution in [0, 0.1) is 0 Å². The minimum atomic E-state index is 0.0302. The third-order valence-corrected chi connectivity index (χ3v) is 2.02. The molecular formula is C11H14N4O. The van der Waals surface area contributed by atoms with E-state index < -0.39 is 0 Å². The zero-order valence-corrected chi connectivity index (χ0v) is 9.27. The molecule has 0 unspecified atom stereocenters. The summed E-state index contributed by atoms with van der Waals surface area (Å²) in [6.45, 7) is 3.86. The van der Waals surface area contributed by atoms with Crippen molar-refractivity contribution in [3.8, 4) is 5.88 Å². The van der Waals surface area contributed by atoms with Crippen LogP contribution in [0.1, 0.15) is 13.8 Å². The number of rotatable bonds is 3. The summed E-state index contributed by atoms with van der Waals surface area (Å²) in [6, 6.07) is 7.57. The van der Waals surface area contributed by atoms with Crippen LogP contribution in [0.2, 0.25) is 0 Å². The van der Waals surface area contributed by atoms with E-state index in [4.69, 9.17) is 10.6 Å². The van der Waals surface area contributed by atoms with Gasteiger partial charge in [0.1, 0.15) is 0 Å². The van der Waals surface area contributed by atoms with Crippen LogP contribution in [0.3, 0.4) is 0 Å². The Balaban J connectivity index is 2.53. The Labute approximate surface area is 93.6 Å². The Morgan fingerprint density at radius 3 is 2.38 bits per heavy atom. The quantitative estimate of drug-likeness (QED) is 0.606. The van der Waals surface area contributed by atoms with Crippen LogP contribution >= 0.6 is 0 Å². The minimum Gasteiger partial charge on any atom is -0.472 e. The maximum atomic E-state index is 5.53. The highest BCUT2D eigenvalue weighted by Gasteiger charge is 2.10. The third-order valence-electron chi connectivity index (χ3n) is 2.02. The van der Waals surface area contributed by atoms with Gasteiger partial charge in [-0.3, -0.25) is 0 Å². The fourth-order valence-corrected chi connectivity index (χ4v) is 1.38. The summed E-state index contributed by atoms with van der Waals surface area (Å²) in [5, 5.41) is 0. The van der Waals surface area contributed by atoms with Crippen molar-refractivity contribution in [3.63, 3.8) is 0 Å². The molecule has 0 spiro atoms. The van der Waals surface area contributed by atoms with Crippen molar-refractivity contribution < 1.29 is 4.74 Å². The molecule has 0 aliphatic carbocycles. The van der Waals surface area contributed by atoms with E-state index >= 15 is 0 Å². The van der Waals surface area contributed by atoms with E-state index in [0.29, 0.717) is 11.7 Å².